The highest BCUT2D eigenvalue weighted by atomic mass is 16.8. The number of allylic oxidation sites excluding steroid dienone is 3. The number of aliphatic hydroxyl groups is 11. The van der Waals surface area contributed by atoms with E-state index in [2.05, 4.69) is 36.6 Å². The number of carbonyl (C=O) groups is 3. The first-order valence-corrected chi connectivity index (χ1v) is 37.2. The number of ether oxygens (including phenoxy) is 6. The Kier molecular flexibility index (Phi) is 47.5. The zero-order valence-electron chi connectivity index (χ0n) is 58.3. The van der Waals surface area contributed by atoms with Crippen LogP contribution in [-0.4, -0.2) is 215 Å². The highest BCUT2D eigenvalue weighted by Crippen LogP contribution is 2.39. The van der Waals surface area contributed by atoms with Crippen LogP contribution in [0.25, 0.3) is 0 Å². The van der Waals surface area contributed by atoms with Crippen molar-refractivity contribution in [1.29, 1.82) is 0 Å². The number of hydrogen-bond acceptors (Lipinski definition) is 20. The van der Waals surface area contributed by atoms with Gasteiger partial charge in [0.15, 0.2) is 12.6 Å². The molecular weight excluding hydrogens is 1230 g/mol. The van der Waals surface area contributed by atoms with Crippen LogP contribution in [0.1, 0.15) is 278 Å². The van der Waals surface area contributed by atoms with Gasteiger partial charge in [-0.25, -0.2) is 4.79 Å². The van der Waals surface area contributed by atoms with E-state index in [4.69, 9.17) is 28.4 Å². The van der Waals surface area contributed by atoms with Crippen molar-refractivity contribution in [2.45, 2.75) is 387 Å². The highest BCUT2D eigenvalue weighted by molar-refractivity contribution is 5.77. The molecule has 0 radical (unpaired) electrons. The Morgan fingerprint density at radius 2 is 0.989 bits per heavy atom. The standard InChI is InChI=1S/C72H132N2O21/c1-4-6-8-10-12-14-16-18-20-22-23-24-25-26-27-28-30-31-33-35-37-39-41-43-45-54(79)53(74-59(82)46-44-42-40-38-36-34-32-29-21-19-17-15-13-11-9-7-5-2)51-90-69-64(86)63(85)66(58(50-77)92-69)93-70-65(87)68(62(84)57(49-76)91-70)95-72(71(88)89)47-55(80)60(73-52(3)78)67(94-72)61(83)56(81)48-75/h19,21,43,45,53-58,60-70,75-77,79-81,83-87H,4-18,20,22-42,44,46-51H2,1-3H3,(H,73,78)(H,74,82)(H,88,89)/b21-19-,45-43+. The van der Waals surface area contributed by atoms with Gasteiger partial charge in [0.25, 0.3) is 5.79 Å². The van der Waals surface area contributed by atoms with Gasteiger partial charge in [0.1, 0.15) is 67.1 Å². The van der Waals surface area contributed by atoms with E-state index >= 15 is 0 Å². The van der Waals surface area contributed by atoms with Gasteiger partial charge in [-0.15, -0.1) is 0 Å². The van der Waals surface area contributed by atoms with E-state index in [1.807, 2.05) is 6.08 Å². The summed E-state index contributed by atoms with van der Waals surface area (Å²) in [6.45, 7) is 2.15. The monoisotopic (exact) mass is 1360 g/mol. The lowest BCUT2D eigenvalue weighted by molar-refractivity contribution is -0.386. The molecule has 0 saturated carbocycles. The number of carboxylic acid groups (broad SMARTS) is 1. The van der Waals surface area contributed by atoms with Crippen LogP contribution in [0.5, 0.6) is 0 Å². The molecule has 23 heteroatoms. The summed E-state index contributed by atoms with van der Waals surface area (Å²) >= 11 is 0. The molecule has 556 valence electrons. The van der Waals surface area contributed by atoms with Crippen molar-refractivity contribution in [1.82, 2.24) is 10.6 Å². The summed E-state index contributed by atoms with van der Waals surface area (Å²) in [5.41, 5.74) is 0. The molecule has 23 nitrogen and oxygen atoms in total. The Labute approximate surface area is 568 Å². The normalized spacial score (nSPS) is 27.8. The van der Waals surface area contributed by atoms with Gasteiger partial charge in [-0.2, -0.15) is 0 Å². The maximum Gasteiger partial charge on any atom is 0.364 e. The molecule has 3 fully saturated rings. The predicted octanol–water partition coefficient (Wildman–Crippen LogP) is 8.01. The van der Waals surface area contributed by atoms with Crippen LogP contribution in [0.3, 0.4) is 0 Å². The highest BCUT2D eigenvalue weighted by Gasteiger charge is 2.60. The summed E-state index contributed by atoms with van der Waals surface area (Å²) in [5, 5.41) is 136. The van der Waals surface area contributed by atoms with Gasteiger partial charge < -0.3 is 100 Å². The first-order chi connectivity index (χ1) is 45.9. The maximum absolute atomic E-state index is 13.5. The fourth-order valence-corrected chi connectivity index (χ4v) is 12.9. The molecule has 0 aromatic heterocycles. The van der Waals surface area contributed by atoms with Crippen molar-refractivity contribution >= 4 is 17.8 Å². The Hall–Kier alpha value is -2.79. The lowest BCUT2D eigenvalue weighted by atomic mass is 9.88. The van der Waals surface area contributed by atoms with Crippen LogP contribution in [0.15, 0.2) is 24.3 Å². The summed E-state index contributed by atoms with van der Waals surface area (Å²) in [7, 11) is 0. The van der Waals surface area contributed by atoms with E-state index in [9.17, 15) is 75.7 Å². The Bertz CT molecular complexity index is 2010. The van der Waals surface area contributed by atoms with Crippen LogP contribution in [0.4, 0.5) is 0 Å². The molecule has 3 saturated heterocycles. The van der Waals surface area contributed by atoms with Gasteiger partial charge in [0.2, 0.25) is 11.8 Å². The number of hydrogen-bond donors (Lipinski definition) is 14. The Morgan fingerprint density at radius 1 is 0.547 bits per heavy atom. The summed E-state index contributed by atoms with van der Waals surface area (Å²) in [5.74, 6) is -6.14. The van der Waals surface area contributed by atoms with Gasteiger partial charge in [-0.05, 0) is 44.9 Å². The maximum atomic E-state index is 13.5. The minimum absolute atomic E-state index is 0.196. The van der Waals surface area contributed by atoms with Crippen molar-refractivity contribution in [2.75, 3.05) is 26.4 Å². The average molecular weight is 1360 g/mol. The summed E-state index contributed by atoms with van der Waals surface area (Å²) in [4.78, 5) is 38.6. The largest absolute Gasteiger partial charge is 0.477 e. The van der Waals surface area contributed by atoms with Crippen molar-refractivity contribution in [3.05, 3.63) is 24.3 Å². The molecule has 3 aliphatic rings. The number of aliphatic carboxylic acids is 1. The number of amides is 2. The minimum Gasteiger partial charge on any atom is -0.477 e. The zero-order chi connectivity index (χ0) is 69.6. The second kappa shape index (κ2) is 52.2. The lowest BCUT2D eigenvalue weighted by Gasteiger charge is -2.50. The quantitative estimate of drug-likeness (QED) is 0.0202. The summed E-state index contributed by atoms with van der Waals surface area (Å²) in [6.07, 6.45) is 25.0. The van der Waals surface area contributed by atoms with Crippen LogP contribution in [0, 0.1) is 0 Å². The van der Waals surface area contributed by atoms with E-state index in [1.165, 1.54) is 161 Å². The first kappa shape index (κ1) is 86.4. The average Bonchev–Trinajstić information content (AvgIpc) is 0.758. The van der Waals surface area contributed by atoms with Crippen LogP contribution >= 0.6 is 0 Å². The summed E-state index contributed by atoms with van der Waals surface area (Å²) < 4.78 is 34.8. The van der Waals surface area contributed by atoms with Crippen molar-refractivity contribution in [2.24, 2.45) is 0 Å². The molecule has 3 rings (SSSR count). The third-order valence-electron chi connectivity index (χ3n) is 18.9. The number of unbranched alkanes of at least 4 members (excludes halogenated alkanes) is 35. The lowest BCUT2D eigenvalue weighted by Crippen LogP contribution is -2.70. The Balaban J connectivity index is 1.57. The van der Waals surface area contributed by atoms with Gasteiger partial charge in [0.05, 0.1) is 50.7 Å². The molecule has 95 heavy (non-hydrogen) atoms. The van der Waals surface area contributed by atoms with E-state index in [0.717, 1.165) is 77.6 Å². The fraction of sp³-hybridized carbons (Fsp3) is 0.903. The summed E-state index contributed by atoms with van der Waals surface area (Å²) in [6, 6.07) is -2.62. The molecule has 3 aliphatic heterocycles. The predicted molar refractivity (Wildman–Crippen MR) is 361 cm³/mol. The second-order valence-electron chi connectivity index (χ2n) is 27.2. The number of nitrogens with one attached hydrogen (secondary N) is 2. The van der Waals surface area contributed by atoms with E-state index in [0.29, 0.717) is 12.8 Å². The van der Waals surface area contributed by atoms with Crippen LogP contribution in [0.2, 0.25) is 0 Å². The molecule has 18 atom stereocenters. The number of carboxylic acids is 1. The molecule has 0 aromatic carbocycles. The zero-order valence-corrected chi connectivity index (χ0v) is 58.3. The van der Waals surface area contributed by atoms with Crippen LogP contribution < -0.4 is 10.6 Å². The molecule has 0 aromatic rings. The number of carbonyl (C=O) groups excluding carboxylic acids is 2. The number of aliphatic hydroxyl groups excluding tert-OH is 11. The molecular formula is C72H132N2O21. The molecule has 0 bridgehead atoms. The smallest absolute Gasteiger partial charge is 0.364 e. The molecule has 14 N–H and O–H groups in total. The topological polar surface area (TPSA) is 373 Å². The van der Waals surface area contributed by atoms with Crippen molar-refractivity contribution < 1.29 is 104 Å². The Morgan fingerprint density at radius 3 is 1.43 bits per heavy atom. The van der Waals surface area contributed by atoms with Crippen LogP contribution in [-0.2, 0) is 42.8 Å². The molecule has 2 amide bonds. The number of rotatable bonds is 57. The SMILES string of the molecule is CCCCCCCC/C=C\CCCCCCCCCC(=O)NC(COC1OC(CO)C(OC2OC(CO)C(O)C(OC3(C(=O)O)CC(O)C(NC(C)=O)C(C(O)C(O)CO)O3)C2O)C(O)C1O)C(O)/C=C/CCCCCCCCCCCCCCCCCCCCCCCC. The molecule has 18 unspecified atom stereocenters. The molecule has 0 aliphatic carbocycles. The minimum atomic E-state index is -3.08. The van der Waals surface area contributed by atoms with E-state index in [-0.39, 0.29) is 12.3 Å². The van der Waals surface area contributed by atoms with Gasteiger partial charge >= 0.3 is 5.97 Å². The molecule has 0 spiro atoms. The van der Waals surface area contributed by atoms with E-state index < -0.39 is 155 Å². The van der Waals surface area contributed by atoms with Gasteiger partial charge in [0, 0.05) is 19.8 Å². The van der Waals surface area contributed by atoms with Gasteiger partial charge in [-0.1, -0.05) is 237 Å². The fourth-order valence-electron chi connectivity index (χ4n) is 12.9. The third-order valence-corrected chi connectivity index (χ3v) is 18.9. The van der Waals surface area contributed by atoms with Crippen molar-refractivity contribution in [3.63, 3.8) is 0 Å². The van der Waals surface area contributed by atoms with Gasteiger partial charge in [-0.3, -0.25) is 9.59 Å². The molecule has 3 heterocycles. The first-order valence-electron chi connectivity index (χ1n) is 37.2. The third kappa shape index (κ3) is 34.0. The second-order valence-corrected chi connectivity index (χ2v) is 27.2. The van der Waals surface area contributed by atoms with Crippen molar-refractivity contribution in [3.8, 4) is 0 Å². The van der Waals surface area contributed by atoms with E-state index in [1.54, 1.807) is 6.08 Å².